The summed E-state index contributed by atoms with van der Waals surface area (Å²) >= 11 is 3.31. The van der Waals surface area contributed by atoms with E-state index in [9.17, 15) is 14.7 Å². The van der Waals surface area contributed by atoms with E-state index in [1.807, 2.05) is 0 Å². The van der Waals surface area contributed by atoms with Crippen molar-refractivity contribution in [2.75, 3.05) is 0 Å². The number of aromatic nitrogens is 1. The molecule has 1 heterocycles. The van der Waals surface area contributed by atoms with Crippen LogP contribution in [-0.4, -0.2) is 27.9 Å². The van der Waals surface area contributed by atoms with Crippen molar-refractivity contribution in [3.05, 3.63) is 56.8 Å². The summed E-state index contributed by atoms with van der Waals surface area (Å²) in [6, 6.07) is 6.86. The lowest BCUT2D eigenvalue weighted by Crippen LogP contribution is -2.25. The first-order chi connectivity index (χ1) is 11.2. The Morgan fingerprint density at radius 2 is 1.75 bits per heavy atom. The predicted molar refractivity (Wildman–Crippen MR) is 94.3 cm³/mol. The highest BCUT2D eigenvalue weighted by Crippen LogP contribution is 2.25. The fourth-order valence-electron chi connectivity index (χ4n) is 2.72. The average molecular weight is 394 g/mol. The number of carbonyl (C=O) groups excluding carboxylic acids is 2. The number of aromatic amines is 1. The largest absolute Gasteiger partial charge is 0.450 e. The van der Waals surface area contributed by atoms with Crippen LogP contribution in [0.15, 0.2) is 28.7 Å². The second-order valence-electron chi connectivity index (χ2n) is 5.76. The molecule has 24 heavy (non-hydrogen) atoms. The summed E-state index contributed by atoms with van der Waals surface area (Å²) in [6.45, 7) is 6.70. The first-order valence-corrected chi connectivity index (χ1v) is 8.39. The maximum Gasteiger partial charge on any atom is 0.355 e. The van der Waals surface area contributed by atoms with Crippen LogP contribution in [0.1, 0.15) is 57.6 Å². The third-order valence-electron chi connectivity index (χ3n) is 3.90. The van der Waals surface area contributed by atoms with Crippen LogP contribution in [0.3, 0.4) is 0 Å². The highest BCUT2D eigenvalue weighted by atomic mass is 79.9. The number of hydrogen-bond donors (Lipinski definition) is 2. The van der Waals surface area contributed by atoms with Gasteiger partial charge in [-0.3, -0.25) is 4.79 Å². The zero-order valence-electron chi connectivity index (χ0n) is 14.0. The van der Waals surface area contributed by atoms with Crippen LogP contribution in [0, 0.1) is 13.8 Å². The number of rotatable bonds is 5. The Morgan fingerprint density at radius 3 is 2.25 bits per heavy atom. The number of ether oxygens (including phenoxy) is 1. The van der Waals surface area contributed by atoms with Crippen molar-refractivity contribution in [2.24, 2.45) is 0 Å². The zero-order valence-corrected chi connectivity index (χ0v) is 15.6. The number of Topliss-reactive ketones (excluding diaryl/α,β-unsaturated/α-hetero) is 1. The van der Waals surface area contributed by atoms with Gasteiger partial charge >= 0.3 is 5.97 Å². The van der Waals surface area contributed by atoms with Gasteiger partial charge in [0.2, 0.25) is 5.78 Å². The van der Waals surface area contributed by atoms with Crippen LogP contribution in [-0.2, 0) is 4.74 Å². The molecule has 0 aliphatic heterocycles. The monoisotopic (exact) mass is 393 g/mol. The number of carbonyl (C=O) groups is 2. The Kier molecular flexibility index (Phi) is 5.62. The maximum absolute atomic E-state index is 12.4. The van der Waals surface area contributed by atoms with Gasteiger partial charge in [0, 0.05) is 21.3 Å². The first kappa shape index (κ1) is 18.4. The van der Waals surface area contributed by atoms with Gasteiger partial charge in [-0.2, -0.15) is 0 Å². The number of esters is 1. The highest BCUT2D eigenvalue weighted by Gasteiger charge is 2.25. The number of nitrogens with one attached hydrogen (secondary N) is 1. The standard InChI is InChI=1S/C18H20BrNO4/c1-9-15(11(3)21)10(2)20-16(9)18(23)24-12(4)17(22)13-5-7-14(19)8-6-13/h5-8,11-12,20-21H,1-4H3/t11-,12+/m0/s1. The molecule has 0 radical (unpaired) electrons. The minimum Gasteiger partial charge on any atom is -0.450 e. The smallest absolute Gasteiger partial charge is 0.355 e. The Balaban J connectivity index is 2.16. The van der Waals surface area contributed by atoms with Gasteiger partial charge in [-0.15, -0.1) is 0 Å². The van der Waals surface area contributed by atoms with Gasteiger partial charge in [0.15, 0.2) is 6.10 Å². The molecule has 0 aliphatic carbocycles. The molecule has 0 saturated carbocycles. The number of benzene rings is 1. The summed E-state index contributed by atoms with van der Waals surface area (Å²) in [4.78, 5) is 27.6. The zero-order chi connectivity index (χ0) is 18.0. The Bertz CT molecular complexity index is 762. The molecule has 0 spiro atoms. The lowest BCUT2D eigenvalue weighted by molar-refractivity contribution is 0.0313. The van der Waals surface area contributed by atoms with E-state index < -0.39 is 18.2 Å². The van der Waals surface area contributed by atoms with Crippen LogP contribution >= 0.6 is 15.9 Å². The summed E-state index contributed by atoms with van der Waals surface area (Å²) in [5.74, 6) is -0.881. The Hall–Kier alpha value is -1.92. The number of halogens is 1. The summed E-state index contributed by atoms with van der Waals surface area (Å²) in [6.07, 6.45) is -1.60. The minimum atomic E-state index is -0.906. The molecule has 0 fully saturated rings. The molecular formula is C18H20BrNO4. The third kappa shape index (κ3) is 3.76. The van der Waals surface area contributed by atoms with E-state index in [1.165, 1.54) is 0 Å². The Morgan fingerprint density at radius 1 is 1.17 bits per heavy atom. The molecule has 2 atom stereocenters. The van der Waals surface area contributed by atoms with Crippen LogP contribution in [0.4, 0.5) is 0 Å². The number of ketones is 1. The number of aliphatic hydroxyl groups excluding tert-OH is 1. The molecule has 0 bridgehead atoms. The first-order valence-electron chi connectivity index (χ1n) is 7.60. The van der Waals surface area contributed by atoms with Crippen LogP contribution < -0.4 is 0 Å². The van der Waals surface area contributed by atoms with Gasteiger partial charge in [-0.1, -0.05) is 28.1 Å². The SMILES string of the molecule is Cc1[nH]c(C(=O)O[C@H](C)C(=O)c2ccc(Br)cc2)c(C)c1[C@H](C)O. The van der Waals surface area contributed by atoms with Crippen molar-refractivity contribution < 1.29 is 19.4 Å². The van der Waals surface area contributed by atoms with Crippen molar-refractivity contribution in [3.8, 4) is 0 Å². The molecule has 0 amide bonds. The topological polar surface area (TPSA) is 79.4 Å². The molecule has 0 aliphatic rings. The van der Waals surface area contributed by atoms with E-state index in [0.717, 1.165) is 4.47 Å². The molecule has 1 aromatic heterocycles. The normalized spacial score (nSPS) is 13.4. The van der Waals surface area contributed by atoms with E-state index in [-0.39, 0.29) is 11.5 Å². The summed E-state index contributed by atoms with van der Waals surface area (Å²) < 4.78 is 6.17. The number of aliphatic hydroxyl groups is 1. The van der Waals surface area contributed by atoms with Crippen LogP contribution in [0.2, 0.25) is 0 Å². The highest BCUT2D eigenvalue weighted by molar-refractivity contribution is 9.10. The molecule has 0 saturated heterocycles. The van der Waals surface area contributed by atoms with Crippen molar-refractivity contribution in [1.29, 1.82) is 0 Å². The molecule has 0 unspecified atom stereocenters. The third-order valence-corrected chi connectivity index (χ3v) is 4.43. The lowest BCUT2D eigenvalue weighted by Gasteiger charge is -2.12. The van der Waals surface area contributed by atoms with Crippen molar-refractivity contribution in [1.82, 2.24) is 4.98 Å². The van der Waals surface area contributed by atoms with Crippen LogP contribution in [0.5, 0.6) is 0 Å². The second kappa shape index (κ2) is 7.32. The van der Waals surface area contributed by atoms with Gasteiger partial charge in [-0.05, 0) is 45.4 Å². The molecule has 1 aromatic carbocycles. The molecule has 2 N–H and O–H groups in total. The van der Waals surface area contributed by atoms with E-state index in [4.69, 9.17) is 4.74 Å². The minimum absolute atomic E-state index is 0.263. The fraction of sp³-hybridized carbons (Fsp3) is 0.333. The molecule has 6 heteroatoms. The van der Waals surface area contributed by atoms with Crippen molar-refractivity contribution in [3.63, 3.8) is 0 Å². The molecule has 128 valence electrons. The van der Waals surface area contributed by atoms with Crippen LogP contribution in [0.25, 0.3) is 0 Å². The van der Waals surface area contributed by atoms with Gasteiger partial charge in [0.25, 0.3) is 0 Å². The molecule has 2 rings (SSSR count). The molecule has 2 aromatic rings. The Labute approximate surface area is 149 Å². The number of H-pyrrole nitrogens is 1. The van der Waals surface area contributed by atoms with E-state index in [2.05, 4.69) is 20.9 Å². The fourth-order valence-corrected chi connectivity index (χ4v) is 2.98. The lowest BCUT2D eigenvalue weighted by atomic mass is 10.1. The number of hydrogen-bond acceptors (Lipinski definition) is 4. The number of aryl methyl sites for hydroxylation is 1. The van der Waals surface area contributed by atoms with Gasteiger partial charge in [-0.25, -0.2) is 4.79 Å². The quantitative estimate of drug-likeness (QED) is 0.596. The maximum atomic E-state index is 12.4. The second-order valence-corrected chi connectivity index (χ2v) is 6.67. The summed E-state index contributed by atoms with van der Waals surface area (Å²) in [7, 11) is 0. The van der Waals surface area contributed by atoms with E-state index in [0.29, 0.717) is 22.4 Å². The van der Waals surface area contributed by atoms with E-state index >= 15 is 0 Å². The average Bonchev–Trinajstić information content (AvgIpc) is 2.82. The molecule has 5 nitrogen and oxygen atoms in total. The van der Waals surface area contributed by atoms with Gasteiger partial charge in [0.05, 0.1) is 6.10 Å². The summed E-state index contributed by atoms with van der Waals surface area (Å²) in [5.41, 5.74) is 2.76. The van der Waals surface area contributed by atoms with Crippen molar-refractivity contribution in [2.45, 2.75) is 39.9 Å². The van der Waals surface area contributed by atoms with Gasteiger partial charge < -0.3 is 14.8 Å². The molecular weight excluding hydrogens is 374 g/mol. The van der Waals surface area contributed by atoms with Gasteiger partial charge in [0.1, 0.15) is 5.69 Å². The summed E-state index contributed by atoms with van der Waals surface area (Å²) in [5, 5.41) is 9.79. The van der Waals surface area contributed by atoms with Crippen molar-refractivity contribution >= 4 is 27.7 Å². The van der Waals surface area contributed by atoms with E-state index in [1.54, 1.807) is 52.0 Å². The predicted octanol–water partition coefficient (Wildman–Crippen LogP) is 3.88.